The van der Waals surface area contributed by atoms with E-state index in [0.29, 0.717) is 23.6 Å². The van der Waals surface area contributed by atoms with E-state index in [4.69, 9.17) is 4.74 Å². The molecule has 0 aliphatic carbocycles. The summed E-state index contributed by atoms with van der Waals surface area (Å²) in [4.78, 5) is 38.7. The number of fused-ring (bicyclic) bond motifs is 1. The number of amides is 4. The molecule has 3 aromatic rings. The minimum absolute atomic E-state index is 0.0722. The summed E-state index contributed by atoms with van der Waals surface area (Å²) < 4.78 is 5.77. The highest BCUT2D eigenvalue weighted by Gasteiger charge is 2.35. The third-order valence-electron chi connectivity index (χ3n) is 5.18. The number of nitrogens with one attached hydrogen (secondary N) is 2. The second-order valence-corrected chi connectivity index (χ2v) is 7.59. The molecule has 0 unspecified atom stereocenters. The largest absolute Gasteiger partial charge is 0.489 e. The van der Waals surface area contributed by atoms with E-state index in [1.807, 2.05) is 55.5 Å². The SMILES string of the molecule is C=CCOc1ccc2ccccc2c1C=C1NC(=O)N(CC(=O)Nc2ccc(C)cc2)C1=O. The van der Waals surface area contributed by atoms with Crippen LogP contribution in [0.15, 0.2) is 79.0 Å². The van der Waals surface area contributed by atoms with E-state index in [2.05, 4.69) is 17.2 Å². The molecule has 7 heteroatoms. The predicted molar refractivity (Wildman–Crippen MR) is 128 cm³/mol. The number of ether oxygens (including phenoxy) is 1. The normalized spacial score (nSPS) is 14.5. The summed E-state index contributed by atoms with van der Waals surface area (Å²) in [7, 11) is 0. The number of imide groups is 1. The highest BCUT2D eigenvalue weighted by atomic mass is 16.5. The van der Waals surface area contributed by atoms with Crippen molar-refractivity contribution in [3.63, 3.8) is 0 Å². The maximum Gasteiger partial charge on any atom is 0.329 e. The first-order valence-corrected chi connectivity index (χ1v) is 10.4. The smallest absolute Gasteiger partial charge is 0.329 e. The molecule has 0 aromatic heterocycles. The number of hydrogen-bond donors (Lipinski definition) is 2. The van der Waals surface area contributed by atoms with Crippen LogP contribution in [0.5, 0.6) is 5.75 Å². The van der Waals surface area contributed by atoms with Gasteiger partial charge in [-0.2, -0.15) is 0 Å². The van der Waals surface area contributed by atoms with Gasteiger partial charge in [0.2, 0.25) is 5.91 Å². The van der Waals surface area contributed by atoms with E-state index in [0.717, 1.165) is 21.2 Å². The van der Waals surface area contributed by atoms with Gasteiger partial charge in [-0.3, -0.25) is 9.59 Å². The fourth-order valence-corrected chi connectivity index (χ4v) is 3.54. The first-order chi connectivity index (χ1) is 16.0. The summed E-state index contributed by atoms with van der Waals surface area (Å²) in [5.74, 6) is -0.496. The molecule has 166 valence electrons. The van der Waals surface area contributed by atoms with E-state index >= 15 is 0 Å². The summed E-state index contributed by atoms with van der Waals surface area (Å²) in [6.07, 6.45) is 3.21. The fourth-order valence-electron chi connectivity index (χ4n) is 3.54. The lowest BCUT2D eigenvalue weighted by molar-refractivity contribution is -0.127. The molecule has 0 atom stereocenters. The van der Waals surface area contributed by atoms with Gasteiger partial charge in [0.25, 0.3) is 5.91 Å². The monoisotopic (exact) mass is 441 g/mol. The molecule has 7 nitrogen and oxygen atoms in total. The first kappa shape index (κ1) is 21.8. The lowest BCUT2D eigenvalue weighted by Gasteiger charge is -2.12. The minimum Gasteiger partial charge on any atom is -0.489 e. The van der Waals surface area contributed by atoms with Crippen LogP contribution in [0.4, 0.5) is 10.5 Å². The summed E-state index contributed by atoms with van der Waals surface area (Å²) in [5, 5.41) is 7.09. The van der Waals surface area contributed by atoms with Gasteiger partial charge in [-0.1, -0.05) is 60.7 Å². The Labute approximate surface area is 191 Å². The van der Waals surface area contributed by atoms with Gasteiger partial charge in [0, 0.05) is 11.3 Å². The van der Waals surface area contributed by atoms with Crippen LogP contribution < -0.4 is 15.4 Å². The zero-order valence-electron chi connectivity index (χ0n) is 18.1. The second kappa shape index (κ2) is 9.40. The maximum absolute atomic E-state index is 13.0. The van der Waals surface area contributed by atoms with Crippen molar-refractivity contribution >= 4 is 40.4 Å². The third-order valence-corrected chi connectivity index (χ3v) is 5.18. The van der Waals surface area contributed by atoms with Crippen LogP contribution in [0.1, 0.15) is 11.1 Å². The van der Waals surface area contributed by atoms with Crippen LogP contribution in [-0.4, -0.2) is 35.9 Å². The highest BCUT2D eigenvalue weighted by molar-refractivity contribution is 6.16. The van der Waals surface area contributed by atoms with E-state index in [1.165, 1.54) is 0 Å². The van der Waals surface area contributed by atoms with Crippen molar-refractivity contribution in [2.45, 2.75) is 6.92 Å². The zero-order valence-corrected chi connectivity index (χ0v) is 18.1. The quantitative estimate of drug-likeness (QED) is 0.326. The molecular weight excluding hydrogens is 418 g/mol. The Morgan fingerprint density at radius 1 is 1.09 bits per heavy atom. The highest BCUT2D eigenvalue weighted by Crippen LogP contribution is 2.31. The Morgan fingerprint density at radius 3 is 2.61 bits per heavy atom. The molecule has 2 N–H and O–H groups in total. The average molecular weight is 441 g/mol. The number of urea groups is 1. The second-order valence-electron chi connectivity index (χ2n) is 7.59. The predicted octanol–water partition coefficient (Wildman–Crippen LogP) is 4.24. The van der Waals surface area contributed by atoms with E-state index in [9.17, 15) is 14.4 Å². The standard InChI is InChI=1S/C26H23N3O4/c1-3-14-33-23-13-10-18-6-4-5-7-20(18)21(23)15-22-25(31)29(26(32)28-22)16-24(30)27-19-11-8-17(2)9-12-19/h3-13,15H,1,14,16H2,2H3,(H,27,30)(H,28,32). The molecule has 0 bridgehead atoms. The van der Waals surface area contributed by atoms with Gasteiger partial charge in [0.1, 0.15) is 24.6 Å². The number of rotatable bonds is 7. The molecule has 1 aliphatic heterocycles. The Morgan fingerprint density at radius 2 is 1.85 bits per heavy atom. The number of anilines is 1. The van der Waals surface area contributed by atoms with Crippen LogP contribution in [-0.2, 0) is 9.59 Å². The van der Waals surface area contributed by atoms with Crippen LogP contribution in [0.2, 0.25) is 0 Å². The number of carbonyl (C=O) groups is 3. The van der Waals surface area contributed by atoms with Crippen molar-refractivity contribution in [1.29, 1.82) is 0 Å². The molecule has 4 rings (SSSR count). The molecule has 1 heterocycles. The van der Waals surface area contributed by atoms with Gasteiger partial charge in [-0.05, 0) is 42.0 Å². The van der Waals surface area contributed by atoms with Crippen molar-refractivity contribution in [2.24, 2.45) is 0 Å². The van der Waals surface area contributed by atoms with E-state index in [-0.39, 0.29) is 5.70 Å². The van der Waals surface area contributed by atoms with Crippen LogP contribution in [0.25, 0.3) is 16.8 Å². The number of benzene rings is 3. The van der Waals surface area contributed by atoms with Gasteiger partial charge >= 0.3 is 6.03 Å². The minimum atomic E-state index is -0.654. The Hall–Kier alpha value is -4.39. The lowest BCUT2D eigenvalue weighted by Crippen LogP contribution is -2.38. The first-order valence-electron chi connectivity index (χ1n) is 10.4. The van der Waals surface area contributed by atoms with E-state index < -0.39 is 24.4 Å². The lowest BCUT2D eigenvalue weighted by atomic mass is 10.0. The molecule has 3 aromatic carbocycles. The third kappa shape index (κ3) is 4.77. The molecule has 0 spiro atoms. The number of carbonyl (C=O) groups excluding carboxylic acids is 3. The number of hydrogen-bond acceptors (Lipinski definition) is 4. The van der Waals surface area contributed by atoms with Crippen molar-refractivity contribution < 1.29 is 19.1 Å². The van der Waals surface area contributed by atoms with Crippen LogP contribution in [0, 0.1) is 6.92 Å². The van der Waals surface area contributed by atoms with Gasteiger partial charge in [-0.25, -0.2) is 9.69 Å². The molecule has 0 radical (unpaired) electrons. The molecule has 4 amide bonds. The molecule has 1 saturated heterocycles. The van der Waals surface area contributed by atoms with Gasteiger partial charge in [0.05, 0.1) is 0 Å². The average Bonchev–Trinajstić information content (AvgIpc) is 3.07. The van der Waals surface area contributed by atoms with Crippen molar-refractivity contribution in [3.05, 3.63) is 90.1 Å². The number of aryl methyl sites for hydroxylation is 1. The number of nitrogens with zero attached hydrogens (tertiary/aromatic N) is 1. The molecule has 33 heavy (non-hydrogen) atoms. The van der Waals surface area contributed by atoms with Gasteiger partial charge < -0.3 is 15.4 Å². The fraction of sp³-hybridized carbons (Fsp3) is 0.115. The summed E-state index contributed by atoms with van der Waals surface area (Å²) in [6, 6.07) is 18.0. The molecular formula is C26H23N3O4. The zero-order chi connectivity index (χ0) is 23.4. The van der Waals surface area contributed by atoms with Gasteiger partial charge in [0.15, 0.2) is 0 Å². The van der Waals surface area contributed by atoms with Crippen molar-refractivity contribution in [3.8, 4) is 5.75 Å². The molecule has 1 fully saturated rings. The van der Waals surface area contributed by atoms with E-state index in [1.54, 1.807) is 24.3 Å². The van der Waals surface area contributed by atoms with Crippen molar-refractivity contribution in [2.75, 3.05) is 18.5 Å². The Balaban J connectivity index is 1.58. The van der Waals surface area contributed by atoms with Crippen LogP contribution >= 0.6 is 0 Å². The maximum atomic E-state index is 13.0. The van der Waals surface area contributed by atoms with Gasteiger partial charge in [-0.15, -0.1) is 0 Å². The summed E-state index contributed by atoms with van der Waals surface area (Å²) >= 11 is 0. The topological polar surface area (TPSA) is 87.7 Å². The Kier molecular flexibility index (Phi) is 6.22. The summed E-state index contributed by atoms with van der Waals surface area (Å²) in [5.41, 5.74) is 2.38. The molecule has 0 saturated carbocycles. The molecule has 1 aliphatic rings. The Bertz CT molecular complexity index is 1280. The van der Waals surface area contributed by atoms with Crippen LogP contribution in [0.3, 0.4) is 0 Å². The summed E-state index contributed by atoms with van der Waals surface area (Å²) in [6.45, 7) is 5.50. The van der Waals surface area contributed by atoms with Crippen molar-refractivity contribution in [1.82, 2.24) is 10.2 Å².